The lowest BCUT2D eigenvalue weighted by Crippen LogP contribution is -2.13. The average molecular weight is 517 g/mol. The van der Waals surface area contributed by atoms with Gasteiger partial charge in [-0.05, 0) is 55.1 Å². The molecule has 4 aromatic rings. The highest BCUT2D eigenvalue weighted by molar-refractivity contribution is 9.10. The highest BCUT2D eigenvalue weighted by atomic mass is 79.9. The number of nitrogens with zero attached hydrogens (tertiary/aromatic N) is 3. The summed E-state index contributed by atoms with van der Waals surface area (Å²) < 4.78 is 8.02. The van der Waals surface area contributed by atoms with Crippen LogP contribution in [-0.2, 0) is 24.1 Å². The van der Waals surface area contributed by atoms with E-state index in [1.54, 1.807) is 6.92 Å². The van der Waals surface area contributed by atoms with E-state index in [1.807, 2.05) is 60.9 Å². The zero-order valence-corrected chi connectivity index (χ0v) is 20.8. The topological polar surface area (TPSA) is 83.4 Å². The van der Waals surface area contributed by atoms with Gasteiger partial charge in [-0.1, -0.05) is 23.9 Å². The van der Waals surface area contributed by atoms with Gasteiger partial charge in [-0.3, -0.25) is 0 Å². The summed E-state index contributed by atoms with van der Waals surface area (Å²) in [7, 11) is 5.79. The molecule has 32 heavy (non-hydrogen) atoms. The number of imidazole rings is 1. The number of fused-ring (bicyclic) bond motifs is 2. The Balaban J connectivity index is 1.85. The molecule has 9 heteroatoms. The number of halogens is 1. The summed E-state index contributed by atoms with van der Waals surface area (Å²) in [6, 6.07) is 9.72. The van der Waals surface area contributed by atoms with Crippen LogP contribution in [0.1, 0.15) is 28.5 Å². The third-order valence-electron chi connectivity index (χ3n) is 5.31. The van der Waals surface area contributed by atoms with Gasteiger partial charge >= 0.3 is 5.97 Å². The highest BCUT2D eigenvalue weighted by Gasteiger charge is 2.27. The van der Waals surface area contributed by atoms with E-state index in [4.69, 9.17) is 4.74 Å². The molecular formula is C23H25BrN4O3S. The van der Waals surface area contributed by atoms with E-state index in [2.05, 4.69) is 25.9 Å². The van der Waals surface area contributed by atoms with Crippen molar-refractivity contribution < 1.29 is 14.6 Å². The molecular weight excluding hydrogens is 492 g/mol. The van der Waals surface area contributed by atoms with Crippen molar-refractivity contribution in [3.63, 3.8) is 0 Å². The molecule has 0 aliphatic rings. The first-order valence-corrected chi connectivity index (χ1v) is 12.0. The summed E-state index contributed by atoms with van der Waals surface area (Å²) in [5, 5.41) is 12.3. The van der Waals surface area contributed by atoms with Crippen molar-refractivity contribution in [2.24, 2.45) is 7.05 Å². The van der Waals surface area contributed by atoms with Crippen molar-refractivity contribution >= 4 is 55.6 Å². The number of hydrogen-bond acceptors (Lipinski definition) is 6. The number of phenols is 1. The van der Waals surface area contributed by atoms with Gasteiger partial charge in [0.1, 0.15) is 5.75 Å². The molecule has 2 N–H and O–H groups in total. The van der Waals surface area contributed by atoms with E-state index in [1.165, 1.54) is 11.8 Å². The maximum Gasteiger partial charge on any atom is 0.340 e. The Bertz CT molecular complexity index is 1280. The van der Waals surface area contributed by atoms with Gasteiger partial charge in [-0.2, -0.15) is 0 Å². The standard InChI is InChI=1S/C23H25BrN4O3S/c1-5-31-22(30)20-18(12-32-23-25-15-8-6-7-9-16(15)26-23)28(4)17-10-14(24)21(29)13(19(17)20)11-27(2)3/h6-10,29H,5,11-12H2,1-4H3,(H,25,26). The van der Waals surface area contributed by atoms with Gasteiger partial charge in [-0.15, -0.1) is 0 Å². The molecule has 0 atom stereocenters. The molecule has 7 nitrogen and oxygen atoms in total. The minimum Gasteiger partial charge on any atom is -0.506 e. The quantitative estimate of drug-likeness (QED) is 0.264. The van der Waals surface area contributed by atoms with Crippen LogP contribution in [0.25, 0.3) is 21.9 Å². The molecule has 0 unspecified atom stereocenters. The third-order valence-corrected chi connectivity index (χ3v) is 6.79. The number of ether oxygens (including phenoxy) is 1. The molecule has 0 fully saturated rings. The second-order valence-corrected chi connectivity index (χ2v) is 9.58. The van der Waals surface area contributed by atoms with Crippen LogP contribution in [0.4, 0.5) is 0 Å². The summed E-state index contributed by atoms with van der Waals surface area (Å²) in [6.07, 6.45) is 0. The lowest BCUT2D eigenvalue weighted by atomic mass is 10.0. The number of phenolic OH excluding ortho intramolecular Hbond substituents is 1. The van der Waals surface area contributed by atoms with Crippen LogP contribution in [-0.4, -0.2) is 51.2 Å². The van der Waals surface area contributed by atoms with Crippen LogP contribution in [0.5, 0.6) is 5.75 Å². The fraction of sp³-hybridized carbons (Fsp3) is 0.304. The summed E-state index contributed by atoms with van der Waals surface area (Å²) in [6.45, 7) is 2.55. The maximum absolute atomic E-state index is 13.1. The van der Waals surface area contributed by atoms with Crippen molar-refractivity contribution in [3.8, 4) is 5.75 Å². The average Bonchev–Trinajstić information content (AvgIpc) is 3.28. The van der Waals surface area contributed by atoms with Gasteiger partial charge in [0, 0.05) is 36.0 Å². The lowest BCUT2D eigenvalue weighted by Gasteiger charge is -2.15. The van der Waals surface area contributed by atoms with Crippen LogP contribution < -0.4 is 0 Å². The zero-order chi connectivity index (χ0) is 23.0. The van der Waals surface area contributed by atoms with Crippen LogP contribution >= 0.6 is 27.7 Å². The number of H-pyrrole nitrogens is 1. The van der Waals surface area contributed by atoms with Gasteiger partial charge in [0.2, 0.25) is 0 Å². The van der Waals surface area contributed by atoms with Crippen LogP contribution in [0.15, 0.2) is 40.0 Å². The van der Waals surface area contributed by atoms with Crippen molar-refractivity contribution in [2.75, 3.05) is 20.7 Å². The molecule has 0 saturated heterocycles. The monoisotopic (exact) mass is 516 g/mol. The predicted octanol–water partition coefficient (Wildman–Crippen LogP) is 5.05. The van der Waals surface area contributed by atoms with Crippen LogP contribution in [0.2, 0.25) is 0 Å². The molecule has 0 aliphatic carbocycles. The second kappa shape index (κ2) is 9.17. The number of thioether (sulfide) groups is 1. The Kier molecular flexibility index (Phi) is 6.50. The van der Waals surface area contributed by atoms with Crippen LogP contribution in [0.3, 0.4) is 0 Å². The number of para-hydroxylation sites is 2. The summed E-state index contributed by atoms with van der Waals surface area (Å²) >= 11 is 5.00. The van der Waals surface area contributed by atoms with Gasteiger partial charge in [0.15, 0.2) is 5.16 Å². The minimum absolute atomic E-state index is 0.138. The van der Waals surface area contributed by atoms with Gasteiger partial charge in [0.05, 0.1) is 33.2 Å². The van der Waals surface area contributed by atoms with Crippen molar-refractivity contribution in [2.45, 2.75) is 24.4 Å². The third kappa shape index (κ3) is 4.12. The van der Waals surface area contributed by atoms with Gasteiger partial charge in [0.25, 0.3) is 0 Å². The van der Waals surface area contributed by atoms with Crippen molar-refractivity contribution in [1.29, 1.82) is 0 Å². The molecule has 0 saturated carbocycles. The summed E-state index contributed by atoms with van der Waals surface area (Å²) in [4.78, 5) is 23.0. The molecule has 0 radical (unpaired) electrons. The van der Waals surface area contributed by atoms with Gasteiger partial charge < -0.3 is 24.3 Å². The van der Waals surface area contributed by atoms with Crippen molar-refractivity contribution in [1.82, 2.24) is 19.4 Å². The summed E-state index contributed by atoms with van der Waals surface area (Å²) in [5.41, 5.74) is 4.74. The lowest BCUT2D eigenvalue weighted by molar-refractivity contribution is 0.0527. The SMILES string of the molecule is CCOC(=O)c1c(CSc2nc3ccccc3[nH]2)n(C)c2cc(Br)c(O)c(CN(C)C)c12. The minimum atomic E-state index is -0.389. The number of aryl methyl sites for hydroxylation is 1. The Hall–Kier alpha value is -2.49. The number of aromatic hydroxyl groups is 1. The first-order chi connectivity index (χ1) is 15.3. The predicted molar refractivity (Wildman–Crippen MR) is 131 cm³/mol. The fourth-order valence-electron chi connectivity index (χ4n) is 3.88. The number of rotatable bonds is 7. The number of hydrogen-bond donors (Lipinski definition) is 2. The van der Waals surface area contributed by atoms with Crippen LogP contribution in [0, 0.1) is 0 Å². The molecule has 0 amide bonds. The first kappa shape index (κ1) is 22.7. The van der Waals surface area contributed by atoms with E-state index in [-0.39, 0.29) is 18.3 Å². The number of carbonyl (C=O) groups excluding carboxylic acids is 1. The first-order valence-electron chi connectivity index (χ1n) is 10.2. The smallest absolute Gasteiger partial charge is 0.340 e. The molecule has 2 heterocycles. The van der Waals surface area contributed by atoms with E-state index < -0.39 is 0 Å². The Labute approximate surface area is 198 Å². The molecule has 2 aromatic heterocycles. The van der Waals surface area contributed by atoms with Crippen molar-refractivity contribution in [3.05, 3.63) is 51.6 Å². The number of benzene rings is 2. The molecule has 0 spiro atoms. The fourth-order valence-corrected chi connectivity index (χ4v) is 5.29. The summed E-state index contributed by atoms with van der Waals surface area (Å²) in [5.74, 6) is 0.262. The van der Waals surface area contributed by atoms with Gasteiger partial charge in [-0.25, -0.2) is 9.78 Å². The Morgan fingerprint density at radius 3 is 2.78 bits per heavy atom. The Morgan fingerprint density at radius 1 is 1.34 bits per heavy atom. The molecule has 168 valence electrons. The normalized spacial score (nSPS) is 11.7. The Morgan fingerprint density at radius 2 is 2.09 bits per heavy atom. The number of aromatic nitrogens is 3. The molecule has 0 aliphatic heterocycles. The molecule has 2 aromatic carbocycles. The van der Waals surface area contributed by atoms with E-state index in [0.29, 0.717) is 27.9 Å². The maximum atomic E-state index is 13.1. The zero-order valence-electron chi connectivity index (χ0n) is 18.4. The number of esters is 1. The van der Waals surface area contributed by atoms with E-state index in [0.717, 1.165) is 32.8 Å². The second-order valence-electron chi connectivity index (χ2n) is 7.77. The number of aromatic amines is 1. The largest absolute Gasteiger partial charge is 0.506 e. The number of carbonyl (C=O) groups is 1. The molecule has 0 bridgehead atoms. The number of nitrogens with one attached hydrogen (secondary N) is 1. The highest BCUT2D eigenvalue weighted by Crippen LogP contribution is 2.41. The van der Waals surface area contributed by atoms with E-state index in [9.17, 15) is 9.90 Å². The molecule has 4 rings (SSSR count). The van der Waals surface area contributed by atoms with E-state index >= 15 is 0 Å².